The van der Waals surface area contributed by atoms with Crippen LogP contribution in [0.2, 0.25) is 0 Å². The van der Waals surface area contributed by atoms with E-state index in [1.165, 1.54) is 19.3 Å². The third-order valence-electron chi connectivity index (χ3n) is 3.77. The van der Waals surface area contributed by atoms with E-state index in [2.05, 4.69) is 47.3 Å². The standard InChI is InChI=1S/C13H26/c1-7-12(5)9-10-13(6,8-2)11(3)4/h7,11-12H,1,8-10H2,2-6H3. The molecule has 0 aromatic carbocycles. The van der Waals surface area contributed by atoms with E-state index in [1.54, 1.807) is 0 Å². The van der Waals surface area contributed by atoms with E-state index in [0.717, 1.165) is 5.92 Å². The Bertz CT molecular complexity index is 146. The topological polar surface area (TPSA) is 0 Å². The smallest absolute Gasteiger partial charge is 0.0264 e. The van der Waals surface area contributed by atoms with Crippen LogP contribution in [0.15, 0.2) is 12.7 Å². The van der Waals surface area contributed by atoms with Crippen molar-refractivity contribution in [3.8, 4) is 0 Å². The summed E-state index contributed by atoms with van der Waals surface area (Å²) >= 11 is 0. The van der Waals surface area contributed by atoms with E-state index in [4.69, 9.17) is 0 Å². The Hall–Kier alpha value is -0.260. The highest BCUT2D eigenvalue weighted by molar-refractivity contribution is 4.81. The lowest BCUT2D eigenvalue weighted by atomic mass is 9.72. The third kappa shape index (κ3) is 3.97. The van der Waals surface area contributed by atoms with Gasteiger partial charge in [0, 0.05) is 0 Å². The van der Waals surface area contributed by atoms with Crippen molar-refractivity contribution in [1.29, 1.82) is 0 Å². The van der Waals surface area contributed by atoms with Gasteiger partial charge in [-0.25, -0.2) is 0 Å². The van der Waals surface area contributed by atoms with E-state index in [0.29, 0.717) is 11.3 Å². The molecule has 0 fully saturated rings. The molecule has 0 aliphatic heterocycles. The van der Waals surface area contributed by atoms with Crippen molar-refractivity contribution in [2.45, 2.75) is 53.9 Å². The Labute approximate surface area is 84.4 Å². The molecule has 0 rings (SSSR count). The molecule has 2 atom stereocenters. The normalized spacial score (nSPS) is 18.3. The SMILES string of the molecule is C=CC(C)CCC(C)(CC)C(C)C. The fourth-order valence-electron chi connectivity index (χ4n) is 1.55. The Morgan fingerprint density at radius 2 is 1.85 bits per heavy atom. The minimum absolute atomic E-state index is 0.525. The molecule has 13 heavy (non-hydrogen) atoms. The Balaban J connectivity index is 4.05. The van der Waals surface area contributed by atoms with Crippen LogP contribution >= 0.6 is 0 Å². The zero-order chi connectivity index (χ0) is 10.5. The summed E-state index contributed by atoms with van der Waals surface area (Å²) in [7, 11) is 0. The molecule has 0 bridgehead atoms. The lowest BCUT2D eigenvalue weighted by molar-refractivity contribution is 0.179. The number of allylic oxidation sites excluding steroid dienone is 1. The van der Waals surface area contributed by atoms with Crippen molar-refractivity contribution in [3.05, 3.63) is 12.7 Å². The molecule has 0 nitrogen and oxygen atoms in total. The highest BCUT2D eigenvalue weighted by atomic mass is 14.3. The third-order valence-corrected chi connectivity index (χ3v) is 3.77. The summed E-state index contributed by atoms with van der Waals surface area (Å²) < 4.78 is 0. The molecule has 0 N–H and O–H groups in total. The van der Waals surface area contributed by atoms with Gasteiger partial charge in [-0.1, -0.05) is 47.1 Å². The van der Waals surface area contributed by atoms with Crippen molar-refractivity contribution < 1.29 is 0 Å². The van der Waals surface area contributed by atoms with Gasteiger partial charge in [0.1, 0.15) is 0 Å². The Kier molecular flexibility index (Phi) is 5.36. The van der Waals surface area contributed by atoms with Crippen LogP contribution in [0.5, 0.6) is 0 Å². The molecule has 0 aromatic rings. The minimum atomic E-state index is 0.525. The first kappa shape index (κ1) is 12.7. The average Bonchev–Trinajstić information content (AvgIpc) is 2.13. The Morgan fingerprint density at radius 1 is 1.31 bits per heavy atom. The van der Waals surface area contributed by atoms with Gasteiger partial charge in [0.05, 0.1) is 0 Å². The second-order valence-corrected chi connectivity index (χ2v) is 4.91. The van der Waals surface area contributed by atoms with Crippen molar-refractivity contribution >= 4 is 0 Å². The molecule has 0 radical (unpaired) electrons. The highest BCUT2D eigenvalue weighted by Crippen LogP contribution is 2.36. The molecular formula is C13H26. The van der Waals surface area contributed by atoms with Gasteiger partial charge in [-0.15, -0.1) is 6.58 Å². The quantitative estimate of drug-likeness (QED) is 0.524. The van der Waals surface area contributed by atoms with Crippen LogP contribution in [0.25, 0.3) is 0 Å². The zero-order valence-corrected chi connectivity index (χ0v) is 10.1. The van der Waals surface area contributed by atoms with E-state index >= 15 is 0 Å². The van der Waals surface area contributed by atoms with Gasteiger partial charge in [-0.2, -0.15) is 0 Å². The first-order valence-electron chi connectivity index (χ1n) is 5.58. The van der Waals surface area contributed by atoms with Crippen LogP contribution in [-0.2, 0) is 0 Å². The molecule has 0 aliphatic carbocycles. The van der Waals surface area contributed by atoms with Gasteiger partial charge >= 0.3 is 0 Å². The first-order chi connectivity index (χ1) is 5.96. The minimum Gasteiger partial charge on any atom is -0.103 e. The second-order valence-electron chi connectivity index (χ2n) is 4.91. The summed E-state index contributed by atoms with van der Waals surface area (Å²) in [5.41, 5.74) is 0.525. The van der Waals surface area contributed by atoms with Crippen molar-refractivity contribution in [2.24, 2.45) is 17.3 Å². The number of rotatable bonds is 6. The molecule has 0 amide bonds. The van der Waals surface area contributed by atoms with Crippen molar-refractivity contribution in [1.82, 2.24) is 0 Å². The number of hydrogen-bond donors (Lipinski definition) is 0. The lowest BCUT2D eigenvalue weighted by Crippen LogP contribution is -2.23. The van der Waals surface area contributed by atoms with Crippen LogP contribution in [0.3, 0.4) is 0 Å². The fraction of sp³-hybridized carbons (Fsp3) is 0.846. The highest BCUT2D eigenvalue weighted by Gasteiger charge is 2.25. The van der Waals surface area contributed by atoms with Gasteiger partial charge in [0.2, 0.25) is 0 Å². The van der Waals surface area contributed by atoms with Crippen molar-refractivity contribution in [2.75, 3.05) is 0 Å². The molecular weight excluding hydrogens is 156 g/mol. The van der Waals surface area contributed by atoms with Gasteiger partial charge in [0.25, 0.3) is 0 Å². The van der Waals surface area contributed by atoms with E-state index in [9.17, 15) is 0 Å². The Morgan fingerprint density at radius 3 is 2.15 bits per heavy atom. The summed E-state index contributed by atoms with van der Waals surface area (Å²) in [4.78, 5) is 0. The predicted molar refractivity (Wildman–Crippen MR) is 61.8 cm³/mol. The van der Waals surface area contributed by atoms with Crippen LogP contribution in [0.4, 0.5) is 0 Å². The molecule has 2 unspecified atom stereocenters. The molecule has 0 heteroatoms. The predicted octanol–water partition coefficient (Wildman–Crippen LogP) is 4.66. The maximum Gasteiger partial charge on any atom is -0.0264 e. The maximum absolute atomic E-state index is 3.83. The van der Waals surface area contributed by atoms with Crippen LogP contribution in [0, 0.1) is 17.3 Å². The molecule has 0 heterocycles. The van der Waals surface area contributed by atoms with Crippen molar-refractivity contribution in [3.63, 3.8) is 0 Å². The second kappa shape index (κ2) is 5.47. The lowest BCUT2D eigenvalue weighted by Gasteiger charge is -2.33. The van der Waals surface area contributed by atoms with Gasteiger partial charge in [0.15, 0.2) is 0 Å². The summed E-state index contributed by atoms with van der Waals surface area (Å²) in [5.74, 6) is 1.46. The summed E-state index contributed by atoms with van der Waals surface area (Å²) in [6, 6.07) is 0. The summed E-state index contributed by atoms with van der Waals surface area (Å²) in [6.07, 6.45) is 5.96. The molecule has 0 aliphatic rings. The largest absolute Gasteiger partial charge is 0.103 e. The van der Waals surface area contributed by atoms with Crippen LogP contribution < -0.4 is 0 Å². The van der Waals surface area contributed by atoms with Crippen LogP contribution in [0.1, 0.15) is 53.9 Å². The van der Waals surface area contributed by atoms with Gasteiger partial charge in [-0.05, 0) is 30.1 Å². The molecule has 0 aromatic heterocycles. The monoisotopic (exact) mass is 182 g/mol. The van der Waals surface area contributed by atoms with Gasteiger partial charge in [-0.3, -0.25) is 0 Å². The maximum atomic E-state index is 3.83. The summed E-state index contributed by atoms with van der Waals surface area (Å²) in [5, 5.41) is 0. The molecule has 0 saturated carbocycles. The van der Waals surface area contributed by atoms with E-state index in [1.807, 2.05) is 0 Å². The summed E-state index contributed by atoms with van der Waals surface area (Å²) in [6.45, 7) is 15.5. The fourth-order valence-corrected chi connectivity index (χ4v) is 1.55. The van der Waals surface area contributed by atoms with E-state index < -0.39 is 0 Å². The molecule has 78 valence electrons. The number of hydrogen-bond acceptors (Lipinski definition) is 0. The first-order valence-corrected chi connectivity index (χ1v) is 5.58. The zero-order valence-electron chi connectivity index (χ0n) is 10.1. The van der Waals surface area contributed by atoms with Gasteiger partial charge < -0.3 is 0 Å². The molecule has 0 spiro atoms. The van der Waals surface area contributed by atoms with E-state index in [-0.39, 0.29) is 0 Å². The molecule has 0 saturated heterocycles. The van der Waals surface area contributed by atoms with Crippen LogP contribution in [-0.4, -0.2) is 0 Å². The average molecular weight is 182 g/mol.